The maximum Gasteiger partial charge on any atom is 0.134 e. The van der Waals surface area contributed by atoms with Crippen LogP contribution in [0.4, 0.5) is 0 Å². The van der Waals surface area contributed by atoms with Crippen LogP contribution in [0.3, 0.4) is 0 Å². The Hall–Kier alpha value is -3.63. The van der Waals surface area contributed by atoms with Crippen LogP contribution in [0.2, 0.25) is 0 Å². The monoisotopic (exact) mass is 465 g/mol. The molecule has 1 aliphatic rings. The minimum atomic E-state index is 0.519. The Balaban J connectivity index is 1.36. The molecule has 0 bridgehead atoms. The van der Waals surface area contributed by atoms with E-state index in [-0.39, 0.29) is 0 Å². The number of aromatic nitrogens is 1. The number of fused-ring (bicyclic) bond motifs is 1. The second-order valence-corrected chi connectivity index (χ2v) is 9.02. The van der Waals surface area contributed by atoms with Crippen molar-refractivity contribution in [2.24, 2.45) is 5.92 Å². The third-order valence-electron chi connectivity index (χ3n) is 6.46. The van der Waals surface area contributed by atoms with E-state index in [9.17, 15) is 0 Å². The summed E-state index contributed by atoms with van der Waals surface area (Å²) in [7, 11) is 0. The van der Waals surface area contributed by atoms with Gasteiger partial charge < -0.3 is 14.2 Å². The van der Waals surface area contributed by atoms with E-state index in [1.807, 2.05) is 48.5 Å². The van der Waals surface area contributed by atoms with Crippen molar-refractivity contribution >= 4 is 23.1 Å². The number of ether oxygens (including phenoxy) is 3. The molecule has 1 fully saturated rings. The molecule has 2 heterocycles. The molecule has 1 saturated heterocycles. The van der Waals surface area contributed by atoms with Crippen molar-refractivity contribution in [2.45, 2.75) is 26.4 Å². The Morgan fingerprint density at radius 3 is 2.54 bits per heavy atom. The molecule has 5 rings (SSSR count). The van der Waals surface area contributed by atoms with Crippen LogP contribution in [0.25, 0.3) is 23.1 Å². The molecule has 0 spiro atoms. The van der Waals surface area contributed by atoms with E-state index in [0.717, 1.165) is 77.4 Å². The third kappa shape index (κ3) is 5.90. The second kappa shape index (κ2) is 11.2. The fourth-order valence-corrected chi connectivity index (χ4v) is 4.38. The van der Waals surface area contributed by atoms with Gasteiger partial charge in [-0.15, -0.1) is 0 Å². The van der Waals surface area contributed by atoms with Crippen LogP contribution in [0, 0.1) is 12.8 Å². The van der Waals surface area contributed by atoms with Crippen LogP contribution in [0.5, 0.6) is 11.5 Å². The summed E-state index contributed by atoms with van der Waals surface area (Å²) in [5, 5.41) is 1.03. The maximum absolute atomic E-state index is 6.33. The van der Waals surface area contributed by atoms with Gasteiger partial charge in [0.05, 0.1) is 17.8 Å². The summed E-state index contributed by atoms with van der Waals surface area (Å²) >= 11 is 0. The predicted molar refractivity (Wildman–Crippen MR) is 142 cm³/mol. The number of benzene rings is 3. The molecule has 1 aliphatic heterocycles. The van der Waals surface area contributed by atoms with E-state index in [2.05, 4.69) is 49.4 Å². The van der Waals surface area contributed by atoms with Crippen LogP contribution < -0.4 is 9.47 Å². The van der Waals surface area contributed by atoms with E-state index in [1.54, 1.807) is 0 Å². The molecule has 35 heavy (non-hydrogen) atoms. The molecular weight excluding hydrogens is 434 g/mol. The summed E-state index contributed by atoms with van der Waals surface area (Å²) in [5.41, 5.74) is 5.08. The Morgan fingerprint density at radius 2 is 1.69 bits per heavy atom. The molecular formula is C31H31NO3. The van der Waals surface area contributed by atoms with E-state index in [4.69, 9.17) is 19.2 Å². The van der Waals surface area contributed by atoms with Crippen molar-refractivity contribution in [1.82, 2.24) is 4.98 Å². The lowest BCUT2D eigenvalue weighted by molar-refractivity contribution is 0.0497. The summed E-state index contributed by atoms with van der Waals surface area (Å²) in [6.07, 6.45) is 6.30. The molecule has 4 heteroatoms. The Kier molecular flexibility index (Phi) is 7.40. The maximum atomic E-state index is 6.33. The number of rotatable bonds is 8. The first-order valence-electron chi connectivity index (χ1n) is 12.3. The molecule has 0 atom stereocenters. The normalized spacial score (nSPS) is 14.4. The summed E-state index contributed by atoms with van der Waals surface area (Å²) in [5.74, 6) is 2.35. The number of hydrogen-bond donors (Lipinski definition) is 0. The quantitative estimate of drug-likeness (QED) is 0.278. The summed E-state index contributed by atoms with van der Waals surface area (Å²) in [6, 6.07) is 26.6. The smallest absolute Gasteiger partial charge is 0.134 e. The number of pyridine rings is 1. The van der Waals surface area contributed by atoms with Crippen molar-refractivity contribution in [3.63, 3.8) is 0 Å². The molecule has 0 N–H and O–H groups in total. The van der Waals surface area contributed by atoms with E-state index in [1.165, 1.54) is 0 Å². The van der Waals surface area contributed by atoms with Crippen LogP contribution >= 0.6 is 0 Å². The minimum absolute atomic E-state index is 0.519. The number of hydrogen-bond acceptors (Lipinski definition) is 4. The first kappa shape index (κ1) is 23.1. The Morgan fingerprint density at radius 1 is 0.886 bits per heavy atom. The van der Waals surface area contributed by atoms with Crippen LogP contribution in [0.15, 0.2) is 78.9 Å². The van der Waals surface area contributed by atoms with E-state index >= 15 is 0 Å². The van der Waals surface area contributed by atoms with Crippen LogP contribution in [-0.2, 0) is 11.3 Å². The average Bonchev–Trinajstić information content (AvgIpc) is 2.92. The molecule has 3 aromatic carbocycles. The van der Waals surface area contributed by atoms with E-state index < -0.39 is 0 Å². The first-order chi connectivity index (χ1) is 17.3. The molecule has 0 unspecified atom stereocenters. The van der Waals surface area contributed by atoms with Gasteiger partial charge in [-0.25, -0.2) is 4.98 Å². The number of para-hydroxylation sites is 1. The molecule has 178 valence electrons. The Labute approximate surface area is 207 Å². The molecule has 0 radical (unpaired) electrons. The summed E-state index contributed by atoms with van der Waals surface area (Å²) in [4.78, 5) is 4.92. The van der Waals surface area contributed by atoms with Gasteiger partial charge in [0.2, 0.25) is 0 Å². The highest BCUT2D eigenvalue weighted by Crippen LogP contribution is 2.32. The van der Waals surface area contributed by atoms with Crippen molar-refractivity contribution in [1.29, 1.82) is 0 Å². The van der Waals surface area contributed by atoms with E-state index in [0.29, 0.717) is 12.5 Å². The predicted octanol–water partition coefficient (Wildman–Crippen LogP) is 7.10. The summed E-state index contributed by atoms with van der Waals surface area (Å²) < 4.78 is 17.9. The fourth-order valence-electron chi connectivity index (χ4n) is 4.38. The minimum Gasteiger partial charge on any atom is -0.493 e. The van der Waals surface area contributed by atoms with Gasteiger partial charge in [-0.2, -0.15) is 0 Å². The zero-order valence-corrected chi connectivity index (χ0v) is 20.2. The molecule has 4 aromatic rings. The van der Waals surface area contributed by atoms with Gasteiger partial charge in [-0.3, -0.25) is 0 Å². The standard InChI is InChI=1S/C31H31NO3/c1-23-29(15-14-24-10-7-11-27(20-24)34-21-26-16-18-33-19-17-26)32-30-13-6-5-12-28(30)31(23)35-22-25-8-3-2-4-9-25/h2-15,20,26H,16-19,21-22H2,1H3. The van der Waals surface area contributed by atoms with Gasteiger partial charge in [0.15, 0.2) is 0 Å². The lowest BCUT2D eigenvalue weighted by Gasteiger charge is -2.22. The summed E-state index contributed by atoms with van der Waals surface area (Å²) in [6.45, 7) is 5.01. The molecule has 0 aliphatic carbocycles. The molecule has 0 saturated carbocycles. The van der Waals surface area contributed by atoms with Crippen LogP contribution in [0.1, 0.15) is 35.2 Å². The topological polar surface area (TPSA) is 40.6 Å². The van der Waals surface area contributed by atoms with Gasteiger partial charge in [0, 0.05) is 24.2 Å². The zero-order valence-electron chi connectivity index (χ0n) is 20.2. The van der Waals surface area contributed by atoms with Gasteiger partial charge in [-0.1, -0.05) is 60.7 Å². The third-order valence-corrected chi connectivity index (χ3v) is 6.46. The zero-order chi connectivity index (χ0) is 23.9. The lowest BCUT2D eigenvalue weighted by atomic mass is 10.0. The second-order valence-electron chi connectivity index (χ2n) is 9.02. The highest BCUT2D eigenvalue weighted by atomic mass is 16.5. The lowest BCUT2D eigenvalue weighted by Crippen LogP contribution is -2.21. The first-order valence-corrected chi connectivity index (χ1v) is 12.3. The highest BCUT2D eigenvalue weighted by molar-refractivity contribution is 5.89. The SMILES string of the molecule is Cc1c(C=Cc2cccc(OCC3CCOCC3)c2)nc2ccccc2c1OCc1ccccc1. The van der Waals surface area contributed by atoms with Crippen molar-refractivity contribution < 1.29 is 14.2 Å². The van der Waals surface area contributed by atoms with Crippen molar-refractivity contribution in [2.75, 3.05) is 19.8 Å². The van der Waals surface area contributed by atoms with Gasteiger partial charge >= 0.3 is 0 Å². The Bertz CT molecular complexity index is 1290. The molecule has 4 nitrogen and oxygen atoms in total. The van der Waals surface area contributed by atoms with Gasteiger partial charge in [0.25, 0.3) is 0 Å². The average molecular weight is 466 g/mol. The van der Waals surface area contributed by atoms with Crippen LogP contribution in [-0.4, -0.2) is 24.8 Å². The highest BCUT2D eigenvalue weighted by Gasteiger charge is 2.15. The van der Waals surface area contributed by atoms with Crippen molar-refractivity contribution in [3.05, 3.63) is 101 Å². The fraction of sp³-hybridized carbons (Fsp3) is 0.258. The van der Waals surface area contributed by atoms with Gasteiger partial charge in [-0.05, 0) is 67.2 Å². The van der Waals surface area contributed by atoms with Crippen molar-refractivity contribution in [3.8, 4) is 11.5 Å². The molecule has 1 aromatic heterocycles. The molecule has 0 amide bonds. The largest absolute Gasteiger partial charge is 0.493 e. The van der Waals surface area contributed by atoms with Gasteiger partial charge in [0.1, 0.15) is 18.1 Å². The number of nitrogens with zero attached hydrogens (tertiary/aromatic N) is 1.